The van der Waals surface area contributed by atoms with Crippen molar-refractivity contribution in [2.45, 2.75) is 38.8 Å². The number of carbonyl (C=O) groups is 1. The average Bonchev–Trinajstić information content (AvgIpc) is 3.22. The van der Waals surface area contributed by atoms with Crippen molar-refractivity contribution in [3.8, 4) is 0 Å². The van der Waals surface area contributed by atoms with Gasteiger partial charge in [-0.05, 0) is 25.0 Å². The van der Waals surface area contributed by atoms with Crippen molar-refractivity contribution in [3.63, 3.8) is 0 Å². The number of amides is 1. The van der Waals surface area contributed by atoms with Crippen LogP contribution >= 0.6 is 23.7 Å². The standard InChI is InChI=1S/C21H24N4O2S.ClH/c1-13-14(2)28-20-19(13)21(27)24(12-23-20)9-8-18(26)25-10-16(17(22)11-25)15-6-4-3-5-7-15;/h3-7,12,16-17H,8-11,22H2,1-2H3;1H/t16-,17+;/m0./s1. The molecule has 0 radical (unpaired) electrons. The monoisotopic (exact) mass is 432 g/mol. The van der Waals surface area contributed by atoms with Gasteiger partial charge in [0.2, 0.25) is 5.91 Å². The zero-order chi connectivity index (χ0) is 19.8. The van der Waals surface area contributed by atoms with Crippen LogP contribution in [0.1, 0.15) is 28.3 Å². The Bertz CT molecular complexity index is 1080. The van der Waals surface area contributed by atoms with Crippen molar-refractivity contribution in [1.82, 2.24) is 14.5 Å². The molecule has 0 bridgehead atoms. The molecule has 1 aliphatic heterocycles. The number of rotatable bonds is 4. The smallest absolute Gasteiger partial charge is 0.262 e. The quantitative estimate of drug-likeness (QED) is 0.687. The Morgan fingerprint density at radius 2 is 1.97 bits per heavy atom. The SMILES string of the molecule is Cc1sc2ncn(CCC(=O)N3C[C@@H](N)[C@H](c4ccccc4)C3)c(=O)c2c1C.Cl. The Labute approximate surface area is 179 Å². The van der Waals surface area contributed by atoms with Gasteiger partial charge in [-0.2, -0.15) is 0 Å². The van der Waals surface area contributed by atoms with Gasteiger partial charge in [0, 0.05) is 42.9 Å². The lowest BCUT2D eigenvalue weighted by Gasteiger charge is -2.17. The molecule has 2 atom stereocenters. The van der Waals surface area contributed by atoms with Crippen molar-refractivity contribution < 1.29 is 4.79 Å². The van der Waals surface area contributed by atoms with E-state index in [4.69, 9.17) is 5.73 Å². The highest BCUT2D eigenvalue weighted by molar-refractivity contribution is 7.18. The van der Waals surface area contributed by atoms with Gasteiger partial charge in [-0.25, -0.2) is 4.98 Å². The normalized spacial score (nSPS) is 18.8. The molecule has 2 aromatic heterocycles. The molecule has 0 unspecified atom stereocenters. The summed E-state index contributed by atoms with van der Waals surface area (Å²) < 4.78 is 1.55. The second-order valence-corrected chi connectivity index (χ2v) is 8.64. The Balaban J connectivity index is 0.00000240. The Morgan fingerprint density at radius 1 is 1.24 bits per heavy atom. The predicted molar refractivity (Wildman–Crippen MR) is 119 cm³/mol. The molecule has 0 spiro atoms. The van der Waals surface area contributed by atoms with Gasteiger partial charge in [-0.15, -0.1) is 23.7 Å². The van der Waals surface area contributed by atoms with Crippen molar-refractivity contribution in [3.05, 3.63) is 63.0 Å². The van der Waals surface area contributed by atoms with Crippen molar-refractivity contribution in [2.75, 3.05) is 13.1 Å². The number of nitrogens with two attached hydrogens (primary N) is 1. The van der Waals surface area contributed by atoms with Gasteiger partial charge in [0.05, 0.1) is 11.7 Å². The van der Waals surface area contributed by atoms with Crippen LogP contribution in [0.5, 0.6) is 0 Å². The lowest BCUT2D eigenvalue weighted by molar-refractivity contribution is -0.130. The highest BCUT2D eigenvalue weighted by atomic mass is 35.5. The Hall–Kier alpha value is -2.22. The molecular weight excluding hydrogens is 408 g/mol. The van der Waals surface area contributed by atoms with E-state index in [9.17, 15) is 9.59 Å². The van der Waals surface area contributed by atoms with E-state index < -0.39 is 0 Å². The number of hydrogen-bond donors (Lipinski definition) is 1. The van der Waals surface area contributed by atoms with Gasteiger partial charge < -0.3 is 10.6 Å². The first kappa shape index (κ1) is 21.5. The minimum Gasteiger partial charge on any atom is -0.340 e. The van der Waals surface area contributed by atoms with Crippen LogP contribution in [0.4, 0.5) is 0 Å². The number of aromatic nitrogens is 2. The Morgan fingerprint density at radius 3 is 2.69 bits per heavy atom. The van der Waals surface area contributed by atoms with E-state index in [0.29, 0.717) is 25.0 Å². The summed E-state index contributed by atoms with van der Waals surface area (Å²) in [6, 6.07) is 10.0. The predicted octanol–water partition coefficient (Wildman–Crippen LogP) is 2.84. The largest absolute Gasteiger partial charge is 0.340 e. The highest BCUT2D eigenvalue weighted by Crippen LogP contribution is 2.27. The fourth-order valence-electron chi connectivity index (χ4n) is 3.89. The zero-order valence-electron chi connectivity index (χ0n) is 16.5. The van der Waals surface area contributed by atoms with Gasteiger partial charge in [0.1, 0.15) is 4.83 Å². The third-order valence-corrected chi connectivity index (χ3v) is 6.78. The minimum atomic E-state index is -0.0695. The molecule has 154 valence electrons. The number of aryl methyl sites for hydroxylation is 3. The maximum atomic E-state index is 12.8. The van der Waals surface area contributed by atoms with Crippen LogP contribution in [0.2, 0.25) is 0 Å². The summed E-state index contributed by atoms with van der Waals surface area (Å²) in [5, 5.41) is 0.671. The average molecular weight is 433 g/mol. The maximum Gasteiger partial charge on any atom is 0.262 e. The highest BCUT2D eigenvalue weighted by Gasteiger charge is 2.33. The number of nitrogens with zero attached hydrogens (tertiary/aromatic N) is 3. The molecule has 1 aromatic carbocycles. The fraction of sp³-hybridized carbons (Fsp3) is 0.381. The van der Waals surface area contributed by atoms with Crippen LogP contribution in [0, 0.1) is 13.8 Å². The number of benzene rings is 1. The molecule has 1 aliphatic rings. The number of hydrogen-bond acceptors (Lipinski definition) is 5. The van der Waals surface area contributed by atoms with Crippen molar-refractivity contribution >= 4 is 39.9 Å². The number of fused-ring (bicyclic) bond motifs is 1. The van der Waals surface area contributed by atoms with Gasteiger partial charge in [-0.3, -0.25) is 14.2 Å². The third kappa shape index (κ3) is 4.08. The molecule has 3 heterocycles. The summed E-state index contributed by atoms with van der Waals surface area (Å²) in [6.45, 7) is 5.44. The van der Waals surface area contributed by atoms with Crippen LogP contribution in [0.3, 0.4) is 0 Å². The van der Waals surface area contributed by atoms with E-state index in [0.717, 1.165) is 15.3 Å². The molecule has 3 aromatic rings. The second kappa shape index (κ2) is 8.65. The number of carbonyl (C=O) groups excluding carboxylic acids is 1. The van der Waals surface area contributed by atoms with Crippen LogP contribution in [0.15, 0.2) is 41.5 Å². The number of halogens is 1. The van der Waals surface area contributed by atoms with E-state index in [2.05, 4.69) is 17.1 Å². The van der Waals surface area contributed by atoms with Gasteiger partial charge in [0.15, 0.2) is 0 Å². The van der Waals surface area contributed by atoms with E-state index in [-0.39, 0.29) is 42.3 Å². The molecule has 1 saturated heterocycles. The van der Waals surface area contributed by atoms with Gasteiger partial charge >= 0.3 is 0 Å². The summed E-state index contributed by atoms with van der Waals surface area (Å²) in [7, 11) is 0. The molecule has 1 amide bonds. The molecule has 6 nitrogen and oxygen atoms in total. The first-order valence-electron chi connectivity index (χ1n) is 9.49. The van der Waals surface area contributed by atoms with Crippen LogP contribution in [-0.4, -0.2) is 39.5 Å². The summed E-state index contributed by atoms with van der Waals surface area (Å²) in [4.78, 5) is 33.6. The topological polar surface area (TPSA) is 81.2 Å². The van der Waals surface area contributed by atoms with E-state index >= 15 is 0 Å². The molecule has 8 heteroatoms. The number of thiophene rings is 1. The van der Waals surface area contributed by atoms with Gasteiger partial charge in [-0.1, -0.05) is 30.3 Å². The van der Waals surface area contributed by atoms with Crippen LogP contribution < -0.4 is 11.3 Å². The van der Waals surface area contributed by atoms with Crippen LogP contribution in [-0.2, 0) is 11.3 Å². The second-order valence-electron chi connectivity index (χ2n) is 7.44. The summed E-state index contributed by atoms with van der Waals surface area (Å²) in [5.41, 5.74) is 8.37. The Kier molecular flexibility index (Phi) is 6.41. The molecule has 0 saturated carbocycles. The molecule has 2 N–H and O–H groups in total. The molecule has 4 rings (SSSR count). The number of likely N-dealkylation sites (tertiary alicyclic amines) is 1. The summed E-state index contributed by atoms with van der Waals surface area (Å²) in [6.07, 6.45) is 1.82. The third-order valence-electron chi connectivity index (χ3n) is 5.67. The van der Waals surface area contributed by atoms with Crippen molar-refractivity contribution in [1.29, 1.82) is 0 Å². The van der Waals surface area contributed by atoms with Crippen LogP contribution in [0.25, 0.3) is 10.2 Å². The molecule has 29 heavy (non-hydrogen) atoms. The maximum absolute atomic E-state index is 12.8. The zero-order valence-corrected chi connectivity index (χ0v) is 18.1. The molecule has 1 fully saturated rings. The molecular formula is C21H25ClN4O2S. The summed E-state index contributed by atoms with van der Waals surface area (Å²) in [5.74, 6) is 0.182. The lowest BCUT2D eigenvalue weighted by Crippen LogP contribution is -2.33. The van der Waals surface area contributed by atoms with E-state index in [1.807, 2.05) is 36.9 Å². The first-order valence-corrected chi connectivity index (χ1v) is 10.3. The van der Waals surface area contributed by atoms with E-state index in [1.54, 1.807) is 10.9 Å². The summed E-state index contributed by atoms with van der Waals surface area (Å²) >= 11 is 1.53. The van der Waals surface area contributed by atoms with Crippen molar-refractivity contribution in [2.24, 2.45) is 5.73 Å². The van der Waals surface area contributed by atoms with E-state index in [1.165, 1.54) is 16.9 Å². The minimum absolute atomic E-state index is 0. The lowest BCUT2D eigenvalue weighted by atomic mass is 9.95. The fourth-order valence-corrected chi connectivity index (χ4v) is 4.88. The molecule has 0 aliphatic carbocycles. The van der Waals surface area contributed by atoms with Gasteiger partial charge in [0.25, 0.3) is 5.56 Å². The first-order chi connectivity index (χ1) is 13.5.